The Morgan fingerprint density at radius 2 is 2.00 bits per heavy atom. The highest BCUT2D eigenvalue weighted by molar-refractivity contribution is 9.10. The number of pyridine rings is 1. The van der Waals surface area contributed by atoms with E-state index in [1.165, 1.54) is 12.3 Å². The number of carbonyl (C=O) groups excluding carboxylic acids is 1. The van der Waals surface area contributed by atoms with E-state index in [-0.39, 0.29) is 5.82 Å². The summed E-state index contributed by atoms with van der Waals surface area (Å²) in [5.74, 6) is -0.0128. The number of anilines is 1. The molecule has 1 N–H and O–H groups in total. The zero-order valence-electron chi connectivity index (χ0n) is 12.3. The normalized spacial score (nSPS) is 11.3. The Hall–Kier alpha value is -2.15. The number of nitrogens with zero attached hydrogens (tertiary/aromatic N) is 2. The van der Waals surface area contributed by atoms with Crippen LogP contribution < -0.4 is 4.90 Å². The molecule has 2 aromatic rings. The number of hydrogen-bond donors (Lipinski definition) is 1. The van der Waals surface area contributed by atoms with Gasteiger partial charge in [0.15, 0.2) is 0 Å². The van der Waals surface area contributed by atoms with E-state index in [0.29, 0.717) is 4.90 Å². The van der Waals surface area contributed by atoms with E-state index in [1.807, 2.05) is 18.2 Å². The number of carboxylic acid groups (broad SMARTS) is 1. The molecule has 22 heavy (non-hydrogen) atoms. The zero-order chi connectivity index (χ0) is 16.5. The fourth-order valence-corrected chi connectivity index (χ4v) is 2.32. The minimum atomic E-state index is -1.45. The molecule has 116 valence electrons. The van der Waals surface area contributed by atoms with Gasteiger partial charge in [-0.2, -0.15) is 4.90 Å². The van der Waals surface area contributed by atoms with E-state index in [4.69, 9.17) is 4.74 Å². The number of amides is 2. The number of fused-ring (bicyclic) bond motifs is 1. The van der Waals surface area contributed by atoms with Crippen LogP contribution in [0.5, 0.6) is 0 Å². The molecule has 7 heteroatoms. The lowest BCUT2D eigenvalue weighted by Crippen LogP contribution is -2.40. The highest BCUT2D eigenvalue weighted by Crippen LogP contribution is 2.27. The molecule has 2 rings (SSSR count). The Bertz CT molecular complexity index is 740. The van der Waals surface area contributed by atoms with E-state index in [0.717, 1.165) is 15.2 Å². The summed E-state index contributed by atoms with van der Waals surface area (Å²) in [4.78, 5) is 28.0. The van der Waals surface area contributed by atoms with E-state index in [9.17, 15) is 14.7 Å². The van der Waals surface area contributed by atoms with Crippen molar-refractivity contribution in [2.24, 2.45) is 0 Å². The summed E-state index contributed by atoms with van der Waals surface area (Å²) in [5, 5.41) is 10.9. The van der Waals surface area contributed by atoms with Crippen molar-refractivity contribution < 1.29 is 19.4 Å². The molecule has 6 nitrogen and oxygen atoms in total. The Kier molecular flexibility index (Phi) is 4.37. The van der Waals surface area contributed by atoms with Crippen LogP contribution in [0.1, 0.15) is 20.8 Å². The molecule has 0 bridgehead atoms. The van der Waals surface area contributed by atoms with Crippen molar-refractivity contribution in [2.75, 3.05) is 4.90 Å². The van der Waals surface area contributed by atoms with Crippen molar-refractivity contribution in [1.29, 1.82) is 0 Å². The van der Waals surface area contributed by atoms with Gasteiger partial charge in [-0.3, -0.25) is 0 Å². The van der Waals surface area contributed by atoms with Crippen molar-refractivity contribution in [2.45, 2.75) is 26.4 Å². The monoisotopic (exact) mass is 366 g/mol. The molecule has 0 fully saturated rings. The minimum Gasteiger partial charge on any atom is -0.464 e. The average molecular weight is 367 g/mol. The van der Waals surface area contributed by atoms with Gasteiger partial charge >= 0.3 is 12.2 Å². The first-order chi connectivity index (χ1) is 10.2. The molecule has 0 atom stereocenters. The van der Waals surface area contributed by atoms with Crippen molar-refractivity contribution in [1.82, 2.24) is 4.98 Å². The third-order valence-corrected chi connectivity index (χ3v) is 3.38. The van der Waals surface area contributed by atoms with Gasteiger partial charge in [-0.05, 0) is 32.9 Å². The first-order valence-electron chi connectivity index (χ1n) is 6.49. The van der Waals surface area contributed by atoms with E-state index in [2.05, 4.69) is 20.9 Å². The van der Waals surface area contributed by atoms with Crippen LogP contribution >= 0.6 is 15.9 Å². The van der Waals surface area contributed by atoms with Crippen molar-refractivity contribution >= 4 is 44.7 Å². The zero-order valence-corrected chi connectivity index (χ0v) is 13.9. The van der Waals surface area contributed by atoms with Crippen LogP contribution in [0.25, 0.3) is 10.8 Å². The maximum Gasteiger partial charge on any atom is 0.425 e. The second-order valence-corrected chi connectivity index (χ2v) is 6.46. The summed E-state index contributed by atoms with van der Waals surface area (Å²) >= 11 is 3.39. The van der Waals surface area contributed by atoms with Crippen molar-refractivity contribution in [3.63, 3.8) is 0 Å². The highest BCUT2D eigenvalue weighted by Gasteiger charge is 2.29. The van der Waals surface area contributed by atoms with Gasteiger partial charge in [-0.15, -0.1) is 0 Å². The second-order valence-electron chi connectivity index (χ2n) is 5.60. The largest absolute Gasteiger partial charge is 0.464 e. The predicted octanol–water partition coefficient (Wildman–Crippen LogP) is 4.42. The van der Waals surface area contributed by atoms with E-state index < -0.39 is 17.8 Å². The van der Waals surface area contributed by atoms with Crippen LogP contribution in [0.2, 0.25) is 0 Å². The topological polar surface area (TPSA) is 79.7 Å². The standard InChI is InChI=1S/C15H15BrN2O4/c1-15(2,3)22-14(21)18(13(19)20)12-7-10-9(8-17-12)5-4-6-11(10)16/h4-8H,1-3H3,(H,19,20). The minimum absolute atomic E-state index is 0.0128. The second kappa shape index (κ2) is 5.92. The molecule has 1 aromatic heterocycles. The fourth-order valence-electron chi connectivity index (χ4n) is 1.82. The summed E-state index contributed by atoms with van der Waals surface area (Å²) in [5.41, 5.74) is -0.803. The van der Waals surface area contributed by atoms with Crippen molar-refractivity contribution in [3.8, 4) is 0 Å². The number of carbonyl (C=O) groups is 2. The summed E-state index contributed by atoms with van der Waals surface area (Å²) in [6, 6.07) is 7.04. The Morgan fingerprint density at radius 1 is 1.32 bits per heavy atom. The van der Waals surface area contributed by atoms with Crippen LogP contribution in [0.15, 0.2) is 34.9 Å². The molecule has 1 heterocycles. The molecule has 0 aliphatic rings. The van der Waals surface area contributed by atoms with Gasteiger partial charge in [-0.25, -0.2) is 14.6 Å². The third kappa shape index (κ3) is 3.54. The average Bonchev–Trinajstić information content (AvgIpc) is 2.37. The van der Waals surface area contributed by atoms with Gasteiger partial charge in [0.05, 0.1) is 0 Å². The number of benzene rings is 1. The quantitative estimate of drug-likeness (QED) is 0.807. The Labute approximate surface area is 135 Å². The van der Waals surface area contributed by atoms with Crippen LogP contribution in [-0.2, 0) is 4.74 Å². The molecule has 0 radical (unpaired) electrons. The molecular formula is C15H15BrN2O4. The van der Waals surface area contributed by atoms with Gasteiger partial charge in [0.25, 0.3) is 0 Å². The van der Waals surface area contributed by atoms with Gasteiger partial charge in [0, 0.05) is 21.4 Å². The van der Waals surface area contributed by atoms with Crippen molar-refractivity contribution in [3.05, 3.63) is 34.9 Å². The number of hydrogen-bond acceptors (Lipinski definition) is 4. The number of halogens is 1. The SMILES string of the molecule is CC(C)(C)OC(=O)N(C(=O)O)c1cc2c(Br)cccc2cn1. The third-order valence-electron chi connectivity index (χ3n) is 2.69. The smallest absolute Gasteiger partial charge is 0.425 e. The molecule has 1 aromatic carbocycles. The fraction of sp³-hybridized carbons (Fsp3) is 0.267. The molecule has 0 aliphatic heterocycles. The lowest BCUT2D eigenvalue weighted by atomic mass is 10.2. The Morgan fingerprint density at radius 3 is 2.59 bits per heavy atom. The van der Waals surface area contributed by atoms with Crippen LogP contribution in [0, 0.1) is 0 Å². The molecular weight excluding hydrogens is 352 g/mol. The molecule has 0 aliphatic carbocycles. The van der Waals surface area contributed by atoms with Gasteiger partial charge in [0.2, 0.25) is 0 Å². The predicted molar refractivity (Wildman–Crippen MR) is 86.2 cm³/mol. The lowest BCUT2D eigenvalue weighted by Gasteiger charge is -2.24. The maximum absolute atomic E-state index is 12.1. The van der Waals surface area contributed by atoms with Crippen LogP contribution in [-0.4, -0.2) is 27.9 Å². The van der Waals surface area contributed by atoms with Gasteiger partial charge in [-0.1, -0.05) is 28.1 Å². The lowest BCUT2D eigenvalue weighted by molar-refractivity contribution is 0.0581. The first kappa shape index (κ1) is 16.2. The Balaban J connectivity index is 2.47. The summed E-state index contributed by atoms with van der Waals surface area (Å²) < 4.78 is 5.89. The van der Waals surface area contributed by atoms with Crippen LogP contribution in [0.4, 0.5) is 15.4 Å². The summed E-state index contributed by atoms with van der Waals surface area (Å²) in [7, 11) is 0. The molecule has 0 saturated carbocycles. The summed E-state index contributed by atoms with van der Waals surface area (Å²) in [6.07, 6.45) is -0.928. The van der Waals surface area contributed by atoms with E-state index >= 15 is 0 Å². The molecule has 0 unspecified atom stereocenters. The molecule has 0 saturated heterocycles. The number of rotatable bonds is 1. The van der Waals surface area contributed by atoms with Crippen LogP contribution in [0.3, 0.4) is 0 Å². The summed E-state index contributed by atoms with van der Waals surface area (Å²) in [6.45, 7) is 4.99. The first-order valence-corrected chi connectivity index (χ1v) is 7.28. The van der Waals surface area contributed by atoms with E-state index in [1.54, 1.807) is 20.8 Å². The molecule has 0 spiro atoms. The number of ether oxygens (including phenoxy) is 1. The highest BCUT2D eigenvalue weighted by atomic mass is 79.9. The van der Waals surface area contributed by atoms with Gasteiger partial charge < -0.3 is 9.84 Å². The maximum atomic E-state index is 12.1. The number of imide groups is 1. The van der Waals surface area contributed by atoms with Gasteiger partial charge in [0.1, 0.15) is 11.4 Å². The molecule has 2 amide bonds. The number of aromatic nitrogens is 1.